The Bertz CT molecular complexity index is 911. The maximum atomic E-state index is 11.7. The highest BCUT2D eigenvalue weighted by Crippen LogP contribution is 2.29. The molecule has 1 fully saturated rings. The number of thioether (sulfide) groups is 1. The number of nitrogens with one attached hydrogen (secondary N) is 1. The van der Waals surface area contributed by atoms with Crippen LogP contribution in [0.5, 0.6) is 0 Å². The molecule has 0 spiro atoms. The van der Waals surface area contributed by atoms with Gasteiger partial charge < -0.3 is 9.67 Å². The Morgan fingerprint density at radius 1 is 1.25 bits per heavy atom. The average Bonchev–Trinajstić information content (AvgIpc) is 2.98. The van der Waals surface area contributed by atoms with Gasteiger partial charge >= 0.3 is 5.97 Å². The van der Waals surface area contributed by atoms with Crippen molar-refractivity contribution in [2.75, 3.05) is 0 Å². The number of nitrogens with zero attached hydrogens (tertiary/aromatic N) is 1. The Balaban J connectivity index is 2.12. The fourth-order valence-electron chi connectivity index (χ4n) is 2.72. The number of carboxylic acid groups (broad SMARTS) is 1. The van der Waals surface area contributed by atoms with Crippen LogP contribution in [0.4, 0.5) is 4.79 Å². The van der Waals surface area contributed by atoms with Gasteiger partial charge in [0.05, 0.1) is 16.2 Å². The number of benzene rings is 1. The maximum Gasteiger partial charge on any atom is 0.337 e. The molecule has 24 heavy (non-hydrogen) atoms. The lowest BCUT2D eigenvalue weighted by Gasteiger charge is -2.12. The monoisotopic (exact) mass is 342 g/mol. The van der Waals surface area contributed by atoms with E-state index in [-0.39, 0.29) is 5.56 Å². The van der Waals surface area contributed by atoms with Crippen LogP contribution in [-0.2, 0) is 4.79 Å². The topological polar surface area (TPSA) is 88.4 Å². The molecule has 1 aromatic carbocycles. The van der Waals surface area contributed by atoms with Gasteiger partial charge in [0, 0.05) is 11.4 Å². The van der Waals surface area contributed by atoms with Gasteiger partial charge in [0.15, 0.2) is 0 Å². The van der Waals surface area contributed by atoms with Crippen molar-refractivity contribution in [1.82, 2.24) is 9.88 Å². The summed E-state index contributed by atoms with van der Waals surface area (Å²) < 4.78 is 1.83. The predicted molar refractivity (Wildman–Crippen MR) is 91.3 cm³/mol. The number of aromatic carboxylic acids is 1. The van der Waals surface area contributed by atoms with Crippen LogP contribution < -0.4 is 5.32 Å². The molecule has 0 bridgehead atoms. The van der Waals surface area contributed by atoms with Gasteiger partial charge in [-0.05, 0) is 55.4 Å². The number of carboxylic acids is 1. The third-order valence-electron chi connectivity index (χ3n) is 3.77. The minimum absolute atomic E-state index is 0.196. The number of aromatic nitrogens is 1. The predicted octanol–water partition coefficient (Wildman–Crippen LogP) is 3.12. The van der Waals surface area contributed by atoms with Crippen molar-refractivity contribution in [3.05, 3.63) is 57.8 Å². The molecule has 2 heterocycles. The number of aryl methyl sites for hydroxylation is 1. The summed E-state index contributed by atoms with van der Waals surface area (Å²) in [6, 6.07) is 8.60. The average molecular weight is 342 g/mol. The largest absolute Gasteiger partial charge is 0.478 e. The highest BCUT2D eigenvalue weighted by Gasteiger charge is 2.26. The molecule has 1 aromatic heterocycles. The van der Waals surface area contributed by atoms with Crippen LogP contribution in [0, 0.1) is 13.8 Å². The summed E-state index contributed by atoms with van der Waals surface area (Å²) in [5, 5.41) is 11.2. The molecule has 0 saturated carbocycles. The van der Waals surface area contributed by atoms with Gasteiger partial charge in [-0.15, -0.1) is 0 Å². The molecule has 2 aromatic rings. The van der Waals surface area contributed by atoms with Crippen molar-refractivity contribution < 1.29 is 19.5 Å². The molecule has 1 saturated heterocycles. The van der Waals surface area contributed by atoms with E-state index in [0.29, 0.717) is 10.6 Å². The number of carbonyl (C=O) groups excluding carboxylic acids is 2. The summed E-state index contributed by atoms with van der Waals surface area (Å²) in [6.45, 7) is 3.71. The van der Waals surface area contributed by atoms with E-state index in [9.17, 15) is 19.5 Å². The van der Waals surface area contributed by atoms with Gasteiger partial charge in [-0.25, -0.2) is 4.79 Å². The van der Waals surface area contributed by atoms with E-state index in [1.807, 2.05) is 24.5 Å². The first-order chi connectivity index (χ1) is 11.4. The van der Waals surface area contributed by atoms with Crippen molar-refractivity contribution >= 4 is 35.0 Å². The normalized spacial score (nSPS) is 15.8. The molecule has 0 radical (unpaired) electrons. The molecule has 0 aliphatic carbocycles. The van der Waals surface area contributed by atoms with Gasteiger partial charge in [-0.1, -0.05) is 12.1 Å². The Labute approximate surface area is 142 Å². The molecule has 3 rings (SSSR count). The Hall–Kier alpha value is -2.80. The quantitative estimate of drug-likeness (QED) is 0.837. The second kappa shape index (κ2) is 6.01. The Kier molecular flexibility index (Phi) is 4.02. The van der Waals surface area contributed by atoms with E-state index >= 15 is 0 Å². The van der Waals surface area contributed by atoms with Crippen LogP contribution in [0.25, 0.3) is 11.8 Å². The summed E-state index contributed by atoms with van der Waals surface area (Å²) in [5.74, 6) is -1.42. The van der Waals surface area contributed by atoms with Crippen molar-refractivity contribution in [3.63, 3.8) is 0 Å². The summed E-state index contributed by atoms with van der Waals surface area (Å²) in [4.78, 5) is 34.8. The van der Waals surface area contributed by atoms with Crippen LogP contribution in [0.1, 0.15) is 27.3 Å². The minimum Gasteiger partial charge on any atom is -0.478 e. The SMILES string of the molecule is Cc1cc(/C=C2\SC(=O)NC2=O)c(C)n1-c1ccccc1C(=O)O. The van der Waals surface area contributed by atoms with Crippen molar-refractivity contribution in [2.45, 2.75) is 13.8 Å². The first-order valence-corrected chi connectivity index (χ1v) is 7.96. The van der Waals surface area contributed by atoms with Crippen LogP contribution >= 0.6 is 11.8 Å². The molecule has 2 amide bonds. The molecule has 1 aliphatic rings. The second-order valence-corrected chi connectivity index (χ2v) is 6.35. The Morgan fingerprint density at radius 2 is 1.96 bits per heavy atom. The molecule has 0 atom stereocenters. The van der Waals surface area contributed by atoms with Crippen molar-refractivity contribution in [1.29, 1.82) is 0 Å². The lowest BCUT2D eigenvalue weighted by atomic mass is 10.1. The number of hydrogen-bond acceptors (Lipinski definition) is 4. The van der Waals surface area contributed by atoms with E-state index in [1.54, 1.807) is 30.3 Å². The first kappa shape index (κ1) is 16.1. The fraction of sp³-hybridized carbons (Fsp3) is 0.118. The van der Waals surface area contributed by atoms with Gasteiger partial charge in [0.1, 0.15) is 0 Å². The zero-order valence-corrected chi connectivity index (χ0v) is 13.8. The fourth-order valence-corrected chi connectivity index (χ4v) is 3.39. The summed E-state index contributed by atoms with van der Waals surface area (Å²) >= 11 is 0.854. The van der Waals surface area contributed by atoms with Gasteiger partial charge in [-0.2, -0.15) is 0 Å². The highest BCUT2D eigenvalue weighted by molar-refractivity contribution is 8.18. The summed E-state index contributed by atoms with van der Waals surface area (Å²) in [5.41, 5.74) is 3.15. The zero-order chi connectivity index (χ0) is 17.4. The van der Waals surface area contributed by atoms with Crippen LogP contribution in [0.2, 0.25) is 0 Å². The van der Waals surface area contributed by atoms with E-state index in [4.69, 9.17) is 0 Å². The van der Waals surface area contributed by atoms with Gasteiger partial charge in [0.2, 0.25) is 0 Å². The number of imide groups is 1. The highest BCUT2D eigenvalue weighted by atomic mass is 32.2. The molecule has 7 heteroatoms. The third kappa shape index (κ3) is 2.74. The van der Waals surface area contributed by atoms with E-state index in [1.165, 1.54) is 0 Å². The first-order valence-electron chi connectivity index (χ1n) is 7.15. The van der Waals surface area contributed by atoms with Crippen molar-refractivity contribution in [2.24, 2.45) is 0 Å². The molecule has 0 unspecified atom stereocenters. The lowest BCUT2D eigenvalue weighted by molar-refractivity contribution is -0.115. The standard InChI is InChI=1S/C17H14N2O4S/c1-9-7-11(8-14-15(20)18-17(23)24-14)10(2)19(9)13-6-4-3-5-12(13)16(21)22/h3-8H,1-2H3,(H,21,22)(H,18,20,23)/b14-8-. The molecule has 6 nitrogen and oxygen atoms in total. The maximum absolute atomic E-state index is 11.7. The Morgan fingerprint density at radius 3 is 2.58 bits per heavy atom. The third-order valence-corrected chi connectivity index (χ3v) is 4.58. The van der Waals surface area contributed by atoms with Gasteiger partial charge in [0.25, 0.3) is 11.1 Å². The van der Waals surface area contributed by atoms with Crippen molar-refractivity contribution in [3.8, 4) is 5.69 Å². The number of hydrogen-bond donors (Lipinski definition) is 2. The molecular weight excluding hydrogens is 328 g/mol. The molecule has 2 N–H and O–H groups in total. The number of para-hydroxylation sites is 1. The summed E-state index contributed by atoms with van der Waals surface area (Å²) in [6.07, 6.45) is 1.65. The van der Waals surface area contributed by atoms with E-state index < -0.39 is 17.1 Å². The van der Waals surface area contributed by atoms with Crippen LogP contribution in [0.3, 0.4) is 0 Å². The molecular formula is C17H14N2O4S. The van der Waals surface area contributed by atoms with E-state index in [0.717, 1.165) is 28.7 Å². The number of rotatable bonds is 3. The lowest BCUT2D eigenvalue weighted by Crippen LogP contribution is -2.17. The number of amides is 2. The smallest absolute Gasteiger partial charge is 0.337 e. The summed E-state index contributed by atoms with van der Waals surface area (Å²) in [7, 11) is 0. The van der Waals surface area contributed by atoms with Gasteiger partial charge in [-0.3, -0.25) is 14.9 Å². The zero-order valence-electron chi connectivity index (χ0n) is 13.0. The van der Waals surface area contributed by atoms with Crippen LogP contribution in [0.15, 0.2) is 35.2 Å². The van der Waals surface area contributed by atoms with E-state index in [2.05, 4.69) is 5.32 Å². The molecule has 122 valence electrons. The minimum atomic E-state index is -1.01. The second-order valence-electron chi connectivity index (χ2n) is 5.34. The molecule has 1 aliphatic heterocycles. The van der Waals surface area contributed by atoms with Crippen LogP contribution in [-0.4, -0.2) is 26.8 Å². The number of carbonyl (C=O) groups is 3.